The van der Waals surface area contributed by atoms with Gasteiger partial charge in [0.2, 0.25) is 26.0 Å². The van der Waals surface area contributed by atoms with E-state index < -0.39 is 20.0 Å². The predicted octanol–water partition coefficient (Wildman–Crippen LogP) is 6.67. The van der Waals surface area contributed by atoms with Crippen molar-refractivity contribution in [2.75, 3.05) is 54.7 Å². The molecule has 1 amide bonds. The van der Waals surface area contributed by atoms with Crippen molar-refractivity contribution in [2.24, 2.45) is 23.7 Å². The van der Waals surface area contributed by atoms with Gasteiger partial charge in [-0.25, -0.2) is 16.8 Å². The third-order valence-corrected chi connectivity index (χ3v) is 14.9. The number of rotatable bonds is 13. The fraction of sp³-hybridized carbons (Fsp3) is 0.475. The highest BCUT2D eigenvalue weighted by Gasteiger charge is 2.66. The Morgan fingerprint density at radius 2 is 1.19 bits per heavy atom. The number of piperidine rings is 2. The molecule has 4 atom stereocenters. The second-order valence-corrected chi connectivity index (χ2v) is 20.9. The molecule has 2 aromatic heterocycles. The van der Waals surface area contributed by atoms with Crippen LogP contribution in [0.3, 0.4) is 0 Å². The molecule has 2 aliphatic heterocycles. The number of aryl methyl sites for hydroxylation is 2. The van der Waals surface area contributed by atoms with E-state index in [0.29, 0.717) is 41.5 Å². The normalized spacial score (nSPS) is 27.4. The fourth-order valence-corrected chi connectivity index (χ4v) is 11.7. The lowest BCUT2D eigenvalue weighted by atomic mass is 9.92. The zero-order chi connectivity index (χ0) is 37.6. The van der Waals surface area contributed by atoms with Crippen LogP contribution in [-0.4, -0.2) is 77.8 Å². The molecule has 284 valence electrons. The van der Waals surface area contributed by atoms with Crippen molar-refractivity contribution in [3.63, 3.8) is 0 Å². The Hall–Kier alpha value is -3.23. The number of thiophene rings is 2. The zero-order valence-corrected chi connectivity index (χ0v) is 34.1. The van der Waals surface area contributed by atoms with Gasteiger partial charge in [-0.15, -0.1) is 0 Å². The molecule has 2 N–H and O–H groups in total. The van der Waals surface area contributed by atoms with Crippen LogP contribution in [-0.2, 0) is 48.5 Å². The van der Waals surface area contributed by atoms with E-state index in [1.807, 2.05) is 40.6 Å². The smallest absolute Gasteiger partial charge is 0.229 e. The number of likely N-dealkylation sites (tertiary alicyclic amines) is 2. The van der Waals surface area contributed by atoms with Crippen LogP contribution < -0.4 is 9.44 Å². The largest absolute Gasteiger partial charge is 0.342 e. The van der Waals surface area contributed by atoms with E-state index in [1.54, 1.807) is 28.7 Å². The molecule has 8 rings (SSSR count). The highest BCUT2D eigenvalue weighted by molar-refractivity contribution is 7.92. The highest BCUT2D eigenvalue weighted by Crippen LogP contribution is 2.64. The summed E-state index contributed by atoms with van der Waals surface area (Å²) in [7, 11) is -6.52. The summed E-state index contributed by atoms with van der Waals surface area (Å²) in [6, 6.07) is 19.9. The third-order valence-electron chi connectivity index (χ3n) is 12.2. The first-order valence-corrected chi connectivity index (χ1v) is 24.0. The van der Waals surface area contributed by atoms with E-state index in [9.17, 15) is 21.6 Å². The van der Waals surface area contributed by atoms with E-state index >= 15 is 0 Å². The average molecular weight is 795 g/mol. The van der Waals surface area contributed by atoms with Gasteiger partial charge in [-0.1, -0.05) is 38.1 Å². The first-order chi connectivity index (χ1) is 25.1. The number of fused-ring (bicyclic) bond motifs is 2. The first kappa shape index (κ1) is 38.1. The van der Waals surface area contributed by atoms with Gasteiger partial charge in [0, 0.05) is 54.8 Å². The van der Waals surface area contributed by atoms with Crippen LogP contribution in [0.1, 0.15) is 48.9 Å². The summed E-state index contributed by atoms with van der Waals surface area (Å²) in [5.74, 6) is 2.53. The molecule has 4 aliphatic rings. The molecule has 4 fully saturated rings. The van der Waals surface area contributed by atoms with Crippen LogP contribution >= 0.6 is 22.7 Å². The summed E-state index contributed by atoms with van der Waals surface area (Å²) in [5.41, 5.74) is 6.60. The summed E-state index contributed by atoms with van der Waals surface area (Å²) < 4.78 is 51.1. The van der Waals surface area contributed by atoms with Crippen LogP contribution in [0.4, 0.5) is 11.4 Å². The molecule has 0 spiro atoms. The minimum Gasteiger partial charge on any atom is -0.342 e. The van der Waals surface area contributed by atoms with Gasteiger partial charge in [-0.05, 0) is 130 Å². The number of hydrogen-bond acceptors (Lipinski definition) is 8. The topological polar surface area (TPSA) is 116 Å². The van der Waals surface area contributed by atoms with Crippen molar-refractivity contribution in [3.8, 4) is 0 Å². The van der Waals surface area contributed by atoms with Crippen molar-refractivity contribution >= 4 is 60.0 Å². The predicted molar refractivity (Wildman–Crippen MR) is 217 cm³/mol. The number of anilines is 2. The molecule has 2 saturated heterocycles. The minimum atomic E-state index is -3.28. The van der Waals surface area contributed by atoms with Crippen molar-refractivity contribution in [3.05, 3.63) is 104 Å². The van der Waals surface area contributed by atoms with Gasteiger partial charge in [-0.3, -0.25) is 14.2 Å². The Kier molecular flexibility index (Phi) is 10.6. The molecule has 4 heterocycles. The van der Waals surface area contributed by atoms with E-state index in [-0.39, 0.29) is 16.7 Å². The van der Waals surface area contributed by atoms with Crippen LogP contribution in [0.15, 0.2) is 82.2 Å². The summed E-state index contributed by atoms with van der Waals surface area (Å²) >= 11 is 3.44. The number of nitrogens with one attached hydrogen (secondary N) is 2. The summed E-state index contributed by atoms with van der Waals surface area (Å²) in [6.45, 7) is 9.66. The van der Waals surface area contributed by atoms with Crippen LogP contribution in [0.2, 0.25) is 0 Å². The molecule has 4 aromatic rings. The van der Waals surface area contributed by atoms with Gasteiger partial charge in [0.05, 0.1) is 12.5 Å². The number of amides is 1. The van der Waals surface area contributed by atoms with Gasteiger partial charge in [-0.2, -0.15) is 22.7 Å². The quantitative estimate of drug-likeness (QED) is 0.156. The van der Waals surface area contributed by atoms with Crippen molar-refractivity contribution in [1.82, 2.24) is 9.80 Å². The van der Waals surface area contributed by atoms with E-state index in [4.69, 9.17) is 0 Å². The van der Waals surface area contributed by atoms with Crippen LogP contribution in [0.25, 0.3) is 0 Å². The highest BCUT2D eigenvalue weighted by atomic mass is 32.2. The van der Waals surface area contributed by atoms with Crippen molar-refractivity contribution in [2.45, 2.75) is 50.4 Å². The van der Waals surface area contributed by atoms with E-state index in [0.717, 1.165) is 44.4 Å². The number of carbonyl (C=O) groups is 1. The first-order valence-electron chi connectivity index (χ1n) is 18.3. The molecule has 53 heavy (non-hydrogen) atoms. The molecule has 0 bridgehead atoms. The SMILES string of the molecule is CC1(c2cccc(NS(C)(=O)=O)c2)C2CN(C(=O)CCc3ccsc3)CC21.CC1(c2cccc(NS(C)(=O)=O)c2)C2CN(CCCc3ccsc3)CC21. The molecule has 2 saturated carbocycles. The average Bonchev–Trinajstić information content (AvgIpc) is 3.68. The number of benzene rings is 2. The lowest BCUT2D eigenvalue weighted by Crippen LogP contribution is -2.34. The molecular formula is C40H50N4O5S4. The van der Waals surface area contributed by atoms with E-state index in [2.05, 4.69) is 68.6 Å². The summed E-state index contributed by atoms with van der Waals surface area (Å²) in [6.07, 6.45) is 6.13. The molecule has 2 aromatic carbocycles. The maximum Gasteiger partial charge on any atom is 0.229 e. The Morgan fingerprint density at radius 1 is 0.717 bits per heavy atom. The summed E-state index contributed by atoms with van der Waals surface area (Å²) in [5, 5.41) is 8.54. The van der Waals surface area contributed by atoms with Gasteiger partial charge >= 0.3 is 0 Å². The number of sulfonamides is 2. The summed E-state index contributed by atoms with van der Waals surface area (Å²) in [4.78, 5) is 17.1. The van der Waals surface area contributed by atoms with Crippen molar-refractivity contribution in [1.29, 1.82) is 0 Å². The Balaban J connectivity index is 0.000000164. The Morgan fingerprint density at radius 3 is 1.64 bits per heavy atom. The second-order valence-electron chi connectivity index (χ2n) is 15.8. The molecule has 4 unspecified atom stereocenters. The van der Waals surface area contributed by atoms with Crippen molar-refractivity contribution < 1.29 is 21.6 Å². The molecule has 13 heteroatoms. The maximum atomic E-state index is 12.5. The molecule has 2 aliphatic carbocycles. The van der Waals surface area contributed by atoms with Gasteiger partial charge in [0.25, 0.3) is 0 Å². The Labute approximate surface area is 322 Å². The lowest BCUT2D eigenvalue weighted by Gasteiger charge is -2.25. The maximum absolute atomic E-state index is 12.5. The lowest BCUT2D eigenvalue weighted by molar-refractivity contribution is -0.130. The van der Waals surface area contributed by atoms with Crippen LogP contribution in [0.5, 0.6) is 0 Å². The minimum absolute atomic E-state index is 0.0271. The molecular weight excluding hydrogens is 745 g/mol. The van der Waals surface area contributed by atoms with Gasteiger partial charge in [0.1, 0.15) is 0 Å². The monoisotopic (exact) mass is 794 g/mol. The Bertz CT molecular complexity index is 2110. The number of nitrogens with zero attached hydrogens (tertiary/aromatic N) is 2. The number of hydrogen-bond donors (Lipinski definition) is 2. The zero-order valence-electron chi connectivity index (χ0n) is 30.8. The number of carbonyl (C=O) groups excluding carboxylic acids is 1. The van der Waals surface area contributed by atoms with Crippen LogP contribution in [0, 0.1) is 23.7 Å². The van der Waals surface area contributed by atoms with E-state index in [1.165, 1.54) is 42.3 Å². The molecule has 0 radical (unpaired) electrons. The van der Waals surface area contributed by atoms with Gasteiger partial charge < -0.3 is 9.80 Å². The molecule has 9 nitrogen and oxygen atoms in total. The fourth-order valence-electron chi connectivity index (χ4n) is 9.14. The third kappa shape index (κ3) is 8.54. The van der Waals surface area contributed by atoms with Gasteiger partial charge in [0.15, 0.2) is 0 Å². The second kappa shape index (κ2) is 14.8. The standard InChI is InChI=1S/C20H24N2O3S2.C20H26N2O2S2/c1-20(15-4-3-5-16(10-15)21-27(2,24)25)17-11-22(12-18(17)20)19(23)7-6-14-8-9-26-13-14;1-20(16-6-3-7-17(11-16)21-26(2,23)24)18-12-22(13-19(18)20)9-4-5-15-8-10-25-14-15/h3-5,8-10,13,17-18,21H,6-7,11-12H2,1-2H3;3,6-8,10-11,14,18-19,21H,4-5,9,12-13H2,1-2H3.